The van der Waals surface area contributed by atoms with E-state index in [2.05, 4.69) is 31.3 Å². The van der Waals surface area contributed by atoms with Gasteiger partial charge in [0.15, 0.2) is 5.78 Å². The van der Waals surface area contributed by atoms with Crippen LogP contribution in [0.15, 0.2) is 24.3 Å². The molecule has 0 bridgehead atoms. The second-order valence-electron chi connectivity index (χ2n) is 5.07. The maximum atomic E-state index is 11.7. The van der Waals surface area contributed by atoms with Gasteiger partial charge in [-0.25, -0.2) is 0 Å². The van der Waals surface area contributed by atoms with Crippen molar-refractivity contribution in [2.24, 2.45) is 5.92 Å². The molecule has 2 heteroatoms. The van der Waals surface area contributed by atoms with E-state index in [1.165, 1.54) is 5.56 Å². The van der Waals surface area contributed by atoms with Crippen LogP contribution in [0.4, 0.5) is 0 Å². The van der Waals surface area contributed by atoms with Crippen molar-refractivity contribution in [1.29, 1.82) is 0 Å². The van der Waals surface area contributed by atoms with Crippen LogP contribution in [0, 0.1) is 5.92 Å². The third-order valence-corrected chi connectivity index (χ3v) is 2.73. The van der Waals surface area contributed by atoms with Crippen LogP contribution < -0.4 is 5.32 Å². The smallest absolute Gasteiger partial charge is 0.165 e. The van der Waals surface area contributed by atoms with Gasteiger partial charge in [-0.15, -0.1) is 0 Å². The minimum Gasteiger partial charge on any atom is -0.314 e. The van der Waals surface area contributed by atoms with Gasteiger partial charge in [-0.05, 0) is 18.5 Å². The summed E-state index contributed by atoms with van der Waals surface area (Å²) in [5.74, 6) is 0.292. The van der Waals surface area contributed by atoms with Crippen LogP contribution >= 0.6 is 0 Å². The molecule has 0 spiro atoms. The molecule has 17 heavy (non-hydrogen) atoms. The Balaban J connectivity index is 2.53. The van der Waals surface area contributed by atoms with E-state index >= 15 is 0 Å². The van der Waals surface area contributed by atoms with Crippen LogP contribution in [0.3, 0.4) is 0 Å². The second-order valence-corrected chi connectivity index (χ2v) is 5.07. The number of ketones is 1. The minimum atomic E-state index is 0.0726. The summed E-state index contributed by atoms with van der Waals surface area (Å²) in [5.41, 5.74) is 2.10. The van der Waals surface area contributed by atoms with Gasteiger partial charge in [0.25, 0.3) is 0 Å². The number of nitrogens with one attached hydrogen (secondary N) is 1. The number of Topliss-reactive ketones (excluding diaryl/α,β-unsaturated/α-hetero) is 1. The predicted octanol–water partition coefficient (Wildman–Crippen LogP) is 3.07. The average Bonchev–Trinajstić information content (AvgIpc) is 2.28. The molecule has 0 unspecified atom stereocenters. The summed E-state index contributed by atoms with van der Waals surface area (Å²) < 4.78 is 0. The van der Waals surface area contributed by atoms with Crippen molar-refractivity contribution in [3.8, 4) is 0 Å². The Hall–Kier alpha value is -1.15. The van der Waals surface area contributed by atoms with Gasteiger partial charge in [0.2, 0.25) is 0 Å². The fourth-order valence-corrected chi connectivity index (χ4v) is 1.67. The van der Waals surface area contributed by atoms with Gasteiger partial charge in [0.05, 0.1) is 0 Å². The molecule has 0 aliphatic carbocycles. The van der Waals surface area contributed by atoms with Gasteiger partial charge >= 0.3 is 0 Å². The lowest BCUT2D eigenvalue weighted by Crippen LogP contribution is -2.24. The van der Waals surface area contributed by atoms with E-state index < -0.39 is 0 Å². The first-order valence-corrected chi connectivity index (χ1v) is 6.37. The van der Waals surface area contributed by atoms with Gasteiger partial charge in [0, 0.05) is 17.5 Å². The molecule has 0 aliphatic rings. The minimum absolute atomic E-state index is 0.0726. The van der Waals surface area contributed by atoms with E-state index in [4.69, 9.17) is 0 Å². The molecule has 2 nitrogen and oxygen atoms in total. The molecule has 0 aromatic heterocycles. The highest BCUT2D eigenvalue weighted by atomic mass is 16.1. The molecule has 0 radical (unpaired) electrons. The van der Waals surface area contributed by atoms with Gasteiger partial charge < -0.3 is 5.32 Å². The van der Waals surface area contributed by atoms with Crippen LogP contribution in [0.2, 0.25) is 0 Å². The van der Waals surface area contributed by atoms with Crippen molar-refractivity contribution in [2.45, 2.75) is 40.2 Å². The molecule has 0 saturated heterocycles. The summed E-state index contributed by atoms with van der Waals surface area (Å²) in [4.78, 5) is 11.7. The molecule has 0 fully saturated rings. The summed E-state index contributed by atoms with van der Waals surface area (Å²) in [6.07, 6.45) is 1.01. The Bertz CT molecular complexity index is 352. The fourth-order valence-electron chi connectivity index (χ4n) is 1.67. The summed E-state index contributed by atoms with van der Waals surface area (Å²) >= 11 is 0. The number of carbonyl (C=O) groups excluding carboxylic acids is 1. The molecule has 0 saturated carbocycles. The fraction of sp³-hybridized carbons (Fsp3) is 0.533. The summed E-state index contributed by atoms with van der Waals surface area (Å²) in [6, 6.07) is 8.51. The first kappa shape index (κ1) is 13.9. The number of rotatable bonds is 6. The standard InChI is InChI=1S/C15H23NO/c1-11(2)15(17)14-7-5-13(6-8-14)9-10-16-12(3)4/h5-8,11-12,16H,9-10H2,1-4H3. The lowest BCUT2D eigenvalue weighted by atomic mass is 9.99. The SMILES string of the molecule is CC(C)NCCc1ccc(C(=O)C(C)C)cc1. The molecule has 0 atom stereocenters. The van der Waals surface area contributed by atoms with Crippen molar-refractivity contribution in [3.05, 3.63) is 35.4 Å². The molecule has 0 aliphatic heterocycles. The third-order valence-electron chi connectivity index (χ3n) is 2.73. The highest BCUT2D eigenvalue weighted by Gasteiger charge is 2.09. The van der Waals surface area contributed by atoms with E-state index in [1.54, 1.807) is 0 Å². The predicted molar refractivity (Wildman–Crippen MR) is 72.5 cm³/mol. The highest BCUT2D eigenvalue weighted by Crippen LogP contribution is 2.10. The van der Waals surface area contributed by atoms with Crippen molar-refractivity contribution in [1.82, 2.24) is 5.32 Å². The van der Waals surface area contributed by atoms with E-state index in [1.807, 2.05) is 26.0 Å². The molecule has 1 aromatic carbocycles. The van der Waals surface area contributed by atoms with E-state index in [0.717, 1.165) is 18.5 Å². The van der Waals surface area contributed by atoms with Crippen molar-refractivity contribution in [3.63, 3.8) is 0 Å². The number of benzene rings is 1. The summed E-state index contributed by atoms with van der Waals surface area (Å²) in [5, 5.41) is 3.38. The Labute approximate surface area is 104 Å². The molecule has 1 N–H and O–H groups in total. The first-order valence-electron chi connectivity index (χ1n) is 6.37. The normalized spacial score (nSPS) is 11.2. The molecule has 0 heterocycles. The molecule has 94 valence electrons. The molecule has 1 rings (SSSR count). The largest absolute Gasteiger partial charge is 0.314 e. The number of carbonyl (C=O) groups is 1. The Morgan fingerprint density at radius 2 is 1.71 bits per heavy atom. The topological polar surface area (TPSA) is 29.1 Å². The highest BCUT2D eigenvalue weighted by molar-refractivity contribution is 5.97. The van der Waals surface area contributed by atoms with E-state index in [-0.39, 0.29) is 11.7 Å². The van der Waals surface area contributed by atoms with Gasteiger partial charge in [-0.2, -0.15) is 0 Å². The van der Waals surface area contributed by atoms with Crippen LogP contribution in [-0.2, 0) is 6.42 Å². The van der Waals surface area contributed by atoms with Crippen LogP contribution in [-0.4, -0.2) is 18.4 Å². The summed E-state index contributed by atoms with van der Waals surface area (Å²) in [6.45, 7) is 9.13. The van der Waals surface area contributed by atoms with Gasteiger partial charge in [-0.1, -0.05) is 52.0 Å². The van der Waals surface area contributed by atoms with Crippen molar-refractivity contribution < 1.29 is 4.79 Å². The zero-order valence-electron chi connectivity index (χ0n) is 11.3. The molecule has 1 aromatic rings. The van der Waals surface area contributed by atoms with Crippen LogP contribution in [0.25, 0.3) is 0 Å². The average molecular weight is 233 g/mol. The third kappa shape index (κ3) is 4.70. The molecule has 0 amide bonds. The lowest BCUT2D eigenvalue weighted by molar-refractivity contribution is 0.0939. The van der Waals surface area contributed by atoms with E-state index in [0.29, 0.717) is 6.04 Å². The Morgan fingerprint density at radius 3 is 2.18 bits per heavy atom. The van der Waals surface area contributed by atoms with Gasteiger partial charge in [0.1, 0.15) is 0 Å². The second kappa shape index (κ2) is 6.55. The monoisotopic (exact) mass is 233 g/mol. The first-order chi connectivity index (χ1) is 8.00. The number of hydrogen-bond acceptors (Lipinski definition) is 2. The maximum absolute atomic E-state index is 11.7. The number of hydrogen-bond donors (Lipinski definition) is 1. The molecular formula is C15H23NO. The Kier molecular flexibility index (Phi) is 5.36. The zero-order chi connectivity index (χ0) is 12.8. The van der Waals surface area contributed by atoms with Crippen LogP contribution in [0.1, 0.15) is 43.6 Å². The quantitative estimate of drug-likeness (QED) is 0.765. The molecular weight excluding hydrogens is 210 g/mol. The van der Waals surface area contributed by atoms with Crippen molar-refractivity contribution >= 4 is 5.78 Å². The maximum Gasteiger partial charge on any atom is 0.165 e. The van der Waals surface area contributed by atoms with Gasteiger partial charge in [-0.3, -0.25) is 4.79 Å². The lowest BCUT2D eigenvalue weighted by Gasteiger charge is -2.08. The zero-order valence-corrected chi connectivity index (χ0v) is 11.3. The van der Waals surface area contributed by atoms with Crippen LogP contribution in [0.5, 0.6) is 0 Å². The van der Waals surface area contributed by atoms with E-state index in [9.17, 15) is 4.79 Å². The summed E-state index contributed by atoms with van der Waals surface area (Å²) in [7, 11) is 0. The Morgan fingerprint density at radius 1 is 1.12 bits per heavy atom. The van der Waals surface area contributed by atoms with Crippen molar-refractivity contribution in [2.75, 3.05) is 6.54 Å².